The van der Waals surface area contributed by atoms with E-state index in [4.69, 9.17) is 5.73 Å². The van der Waals surface area contributed by atoms with Crippen LogP contribution >= 0.6 is 0 Å². The van der Waals surface area contributed by atoms with Crippen LogP contribution in [-0.4, -0.2) is 25.1 Å². The van der Waals surface area contributed by atoms with Crippen molar-refractivity contribution < 1.29 is 8.78 Å². The van der Waals surface area contributed by atoms with Gasteiger partial charge >= 0.3 is 0 Å². The Morgan fingerprint density at radius 3 is 2.41 bits per heavy atom. The van der Waals surface area contributed by atoms with Crippen LogP contribution in [0.3, 0.4) is 0 Å². The summed E-state index contributed by atoms with van der Waals surface area (Å²) in [6.07, 6.45) is -0.943. The molecule has 3 N–H and O–H groups in total. The Balaban J connectivity index is 2.70. The fourth-order valence-electron chi connectivity index (χ4n) is 1.88. The zero-order chi connectivity index (χ0) is 12.7. The number of nitrogens with one attached hydrogen (secondary N) is 1. The Morgan fingerprint density at radius 1 is 1.29 bits per heavy atom. The Kier molecular flexibility index (Phi) is 5.51. The first-order valence-electron chi connectivity index (χ1n) is 5.89. The third-order valence-corrected chi connectivity index (χ3v) is 3.08. The van der Waals surface area contributed by atoms with E-state index in [2.05, 4.69) is 5.32 Å². The van der Waals surface area contributed by atoms with Gasteiger partial charge < -0.3 is 11.1 Å². The maximum absolute atomic E-state index is 12.3. The molecule has 4 heteroatoms. The molecule has 1 atom stereocenters. The van der Waals surface area contributed by atoms with Gasteiger partial charge in [-0.05, 0) is 18.4 Å². The van der Waals surface area contributed by atoms with Gasteiger partial charge in [0.1, 0.15) is 0 Å². The molecule has 0 aliphatic carbocycles. The molecule has 0 aliphatic heterocycles. The van der Waals surface area contributed by atoms with Crippen LogP contribution < -0.4 is 11.1 Å². The van der Waals surface area contributed by atoms with Gasteiger partial charge in [-0.3, -0.25) is 0 Å². The largest absolute Gasteiger partial charge is 0.329 e. The Hall–Kier alpha value is -1.00. The molecule has 0 amide bonds. The number of rotatable bonds is 7. The minimum atomic E-state index is -2.34. The van der Waals surface area contributed by atoms with Gasteiger partial charge in [-0.15, -0.1) is 0 Å². The first-order valence-corrected chi connectivity index (χ1v) is 5.89. The minimum absolute atomic E-state index is 0.308. The van der Waals surface area contributed by atoms with Gasteiger partial charge in [0.05, 0.1) is 6.54 Å². The van der Waals surface area contributed by atoms with E-state index in [9.17, 15) is 8.78 Å². The van der Waals surface area contributed by atoms with E-state index >= 15 is 0 Å². The molecule has 0 heterocycles. The van der Waals surface area contributed by atoms with Gasteiger partial charge in [0.2, 0.25) is 0 Å². The highest BCUT2D eigenvalue weighted by Crippen LogP contribution is 2.16. The lowest BCUT2D eigenvalue weighted by molar-refractivity contribution is 0.128. The zero-order valence-electron chi connectivity index (χ0n) is 10.1. The summed E-state index contributed by atoms with van der Waals surface area (Å²) in [5.41, 5.74) is 6.42. The molecule has 0 spiro atoms. The van der Waals surface area contributed by atoms with Gasteiger partial charge in [0, 0.05) is 12.1 Å². The van der Waals surface area contributed by atoms with Crippen molar-refractivity contribution in [2.24, 2.45) is 5.73 Å². The number of alkyl halides is 2. The first-order chi connectivity index (χ1) is 8.12. The molecule has 0 aromatic heterocycles. The molecule has 0 saturated carbocycles. The van der Waals surface area contributed by atoms with Gasteiger partial charge in [-0.2, -0.15) is 0 Å². The molecule has 0 aliphatic rings. The monoisotopic (exact) mass is 242 g/mol. The van der Waals surface area contributed by atoms with E-state index in [0.29, 0.717) is 13.0 Å². The first kappa shape index (κ1) is 14.1. The summed E-state index contributed by atoms with van der Waals surface area (Å²) in [5.74, 6) is 0. The van der Waals surface area contributed by atoms with Crippen LogP contribution in [0.15, 0.2) is 30.3 Å². The van der Waals surface area contributed by atoms with E-state index < -0.39 is 12.0 Å². The second kappa shape index (κ2) is 6.67. The second-order valence-electron chi connectivity index (χ2n) is 4.27. The topological polar surface area (TPSA) is 38.0 Å². The van der Waals surface area contributed by atoms with Crippen LogP contribution in [0.2, 0.25) is 0 Å². The maximum Gasteiger partial charge on any atom is 0.250 e. The predicted octanol–water partition coefficient (Wildman–Crippen LogP) is 2.19. The molecule has 1 aromatic rings. The Labute approximate surface area is 101 Å². The Bertz CT molecular complexity index is 310. The lowest BCUT2D eigenvalue weighted by Crippen LogP contribution is -2.53. The summed E-state index contributed by atoms with van der Waals surface area (Å²) in [6, 6.07) is 9.80. The van der Waals surface area contributed by atoms with Gasteiger partial charge in [0.15, 0.2) is 0 Å². The predicted molar refractivity (Wildman–Crippen MR) is 66.2 cm³/mol. The molecule has 0 fully saturated rings. The second-order valence-corrected chi connectivity index (χ2v) is 4.27. The lowest BCUT2D eigenvalue weighted by Gasteiger charge is -2.33. The van der Waals surface area contributed by atoms with Crippen LogP contribution in [0, 0.1) is 0 Å². The fraction of sp³-hybridized carbons (Fsp3) is 0.538. The molecule has 1 unspecified atom stereocenters. The van der Waals surface area contributed by atoms with Gasteiger partial charge in [-0.1, -0.05) is 37.3 Å². The number of nitrogens with two attached hydrogens (primary N) is 1. The van der Waals surface area contributed by atoms with Gasteiger partial charge in [0.25, 0.3) is 6.43 Å². The van der Waals surface area contributed by atoms with E-state index in [0.717, 1.165) is 12.0 Å². The summed E-state index contributed by atoms with van der Waals surface area (Å²) in [7, 11) is 0. The maximum atomic E-state index is 12.3. The standard InChI is InChI=1S/C13H20F2N2/c1-2-13(10-16,17-9-12(14)15)8-11-6-4-3-5-7-11/h3-7,12,17H,2,8-10,16H2,1H3. The smallest absolute Gasteiger partial charge is 0.250 e. The van der Waals surface area contributed by atoms with Crippen molar-refractivity contribution in [2.75, 3.05) is 13.1 Å². The van der Waals surface area contributed by atoms with Crippen molar-refractivity contribution in [1.82, 2.24) is 5.32 Å². The number of halogens is 2. The molecule has 17 heavy (non-hydrogen) atoms. The molecule has 0 radical (unpaired) electrons. The molecule has 0 saturated heterocycles. The fourth-order valence-corrected chi connectivity index (χ4v) is 1.88. The third kappa shape index (κ3) is 4.40. The highest BCUT2D eigenvalue weighted by atomic mass is 19.3. The van der Waals surface area contributed by atoms with E-state index in [1.807, 2.05) is 37.3 Å². The van der Waals surface area contributed by atoms with Crippen molar-refractivity contribution in [2.45, 2.75) is 31.7 Å². The normalized spacial score (nSPS) is 14.9. The van der Waals surface area contributed by atoms with Crippen LogP contribution in [0.5, 0.6) is 0 Å². The summed E-state index contributed by atoms with van der Waals surface area (Å²) < 4.78 is 24.5. The van der Waals surface area contributed by atoms with Crippen LogP contribution in [-0.2, 0) is 6.42 Å². The Morgan fingerprint density at radius 2 is 1.94 bits per heavy atom. The van der Waals surface area contributed by atoms with Crippen molar-refractivity contribution in [1.29, 1.82) is 0 Å². The van der Waals surface area contributed by atoms with Crippen molar-refractivity contribution in [3.05, 3.63) is 35.9 Å². The highest BCUT2D eigenvalue weighted by molar-refractivity contribution is 5.18. The number of hydrogen-bond donors (Lipinski definition) is 2. The summed E-state index contributed by atoms with van der Waals surface area (Å²) in [5, 5.41) is 2.91. The minimum Gasteiger partial charge on any atom is -0.329 e. The number of hydrogen-bond acceptors (Lipinski definition) is 2. The van der Waals surface area contributed by atoms with E-state index in [1.165, 1.54) is 0 Å². The molecular formula is C13H20F2N2. The summed E-state index contributed by atoms with van der Waals surface area (Å²) >= 11 is 0. The summed E-state index contributed by atoms with van der Waals surface area (Å²) in [6.45, 7) is 2.01. The van der Waals surface area contributed by atoms with Crippen LogP contribution in [0.1, 0.15) is 18.9 Å². The van der Waals surface area contributed by atoms with E-state index in [-0.39, 0.29) is 6.54 Å². The molecule has 1 aromatic carbocycles. The van der Waals surface area contributed by atoms with Crippen LogP contribution in [0.4, 0.5) is 8.78 Å². The molecule has 1 rings (SSSR count). The quantitative estimate of drug-likeness (QED) is 0.769. The molecule has 0 bridgehead atoms. The van der Waals surface area contributed by atoms with E-state index in [1.54, 1.807) is 0 Å². The van der Waals surface area contributed by atoms with Crippen molar-refractivity contribution in [3.8, 4) is 0 Å². The third-order valence-electron chi connectivity index (χ3n) is 3.08. The zero-order valence-corrected chi connectivity index (χ0v) is 10.1. The molecule has 96 valence electrons. The van der Waals surface area contributed by atoms with Crippen molar-refractivity contribution in [3.63, 3.8) is 0 Å². The van der Waals surface area contributed by atoms with Crippen LogP contribution in [0.25, 0.3) is 0 Å². The SMILES string of the molecule is CCC(CN)(Cc1ccccc1)NCC(F)F. The molecular weight excluding hydrogens is 222 g/mol. The molecule has 2 nitrogen and oxygen atoms in total. The van der Waals surface area contributed by atoms with Crippen molar-refractivity contribution >= 4 is 0 Å². The van der Waals surface area contributed by atoms with Gasteiger partial charge in [-0.25, -0.2) is 8.78 Å². The summed E-state index contributed by atoms with van der Waals surface area (Å²) in [4.78, 5) is 0. The lowest BCUT2D eigenvalue weighted by atomic mass is 9.88. The average Bonchev–Trinajstić information content (AvgIpc) is 2.36. The highest BCUT2D eigenvalue weighted by Gasteiger charge is 2.27. The average molecular weight is 242 g/mol. The number of benzene rings is 1.